The lowest BCUT2D eigenvalue weighted by molar-refractivity contribution is 0.0184. The van der Waals surface area contributed by atoms with E-state index < -0.39 is 11.2 Å². The van der Waals surface area contributed by atoms with E-state index >= 15 is 0 Å². The number of piperidine rings is 1. The van der Waals surface area contributed by atoms with Gasteiger partial charge in [0.25, 0.3) is 5.91 Å². The van der Waals surface area contributed by atoms with Crippen LogP contribution in [0.2, 0.25) is 0 Å². The number of benzene rings is 2. The molecule has 2 bridgehead atoms. The highest BCUT2D eigenvalue weighted by Gasteiger charge is 2.49. The van der Waals surface area contributed by atoms with Gasteiger partial charge in [0.2, 0.25) is 0 Å². The van der Waals surface area contributed by atoms with Gasteiger partial charge in [-0.3, -0.25) is 9.69 Å². The van der Waals surface area contributed by atoms with Crippen LogP contribution in [0.1, 0.15) is 54.9 Å². The second-order valence-electron chi connectivity index (χ2n) is 8.41. The quantitative estimate of drug-likeness (QED) is 0.505. The molecule has 1 amide bonds. The normalized spacial score (nSPS) is 24.0. The maximum absolute atomic E-state index is 13.5. The second kappa shape index (κ2) is 9.10. The third kappa shape index (κ3) is 4.27. The fourth-order valence-electron chi connectivity index (χ4n) is 5.06. The van der Waals surface area contributed by atoms with Gasteiger partial charge in [-0.25, -0.2) is 0 Å². The van der Waals surface area contributed by atoms with Gasteiger partial charge in [-0.15, -0.1) is 0 Å². The van der Waals surface area contributed by atoms with Crippen molar-refractivity contribution in [3.63, 3.8) is 0 Å². The van der Waals surface area contributed by atoms with E-state index in [1.807, 2.05) is 13.0 Å². The van der Waals surface area contributed by atoms with Crippen molar-refractivity contribution >= 4 is 22.8 Å². The summed E-state index contributed by atoms with van der Waals surface area (Å²) in [5.41, 5.74) is 7.73. The number of amides is 1. The van der Waals surface area contributed by atoms with Crippen molar-refractivity contribution in [1.29, 1.82) is 0 Å². The van der Waals surface area contributed by atoms with E-state index in [-0.39, 0.29) is 11.6 Å². The van der Waals surface area contributed by atoms with Crippen molar-refractivity contribution in [3.05, 3.63) is 53.6 Å². The molecule has 0 radical (unpaired) electrons. The van der Waals surface area contributed by atoms with Crippen LogP contribution in [-0.2, 0) is 17.7 Å². The Kier molecular flexibility index (Phi) is 6.46. The topological polar surface area (TPSA) is 90.6 Å². The molecule has 3 unspecified atom stereocenters. The highest BCUT2D eigenvalue weighted by atomic mass is 32.2. The van der Waals surface area contributed by atoms with E-state index in [0.717, 1.165) is 38.6 Å². The van der Waals surface area contributed by atoms with Gasteiger partial charge in [0.15, 0.2) is 4.90 Å². The van der Waals surface area contributed by atoms with Crippen LogP contribution in [0.3, 0.4) is 0 Å². The molecule has 6 nitrogen and oxygen atoms in total. The fraction of sp³-hybridized carbons (Fsp3) is 0.458. The number of rotatable bonds is 7. The minimum Gasteiger partial charge on any atom is -0.611 e. The molecule has 3 atom stereocenters. The molecule has 3 N–H and O–H groups in total. The van der Waals surface area contributed by atoms with Gasteiger partial charge in [-0.05, 0) is 55.8 Å². The van der Waals surface area contributed by atoms with Gasteiger partial charge in [0.05, 0.1) is 24.0 Å². The third-order valence-corrected chi connectivity index (χ3v) is 8.00. The maximum Gasteiger partial charge on any atom is 0.256 e. The maximum atomic E-state index is 13.5. The zero-order chi connectivity index (χ0) is 22.0. The molecule has 0 spiro atoms. The van der Waals surface area contributed by atoms with Crippen molar-refractivity contribution in [3.8, 4) is 5.75 Å². The molecule has 0 aliphatic carbocycles. The first kappa shape index (κ1) is 22.0. The lowest BCUT2D eigenvalue weighted by Crippen LogP contribution is -2.60. The zero-order valence-electron chi connectivity index (χ0n) is 18.2. The fourth-order valence-corrected chi connectivity index (χ4v) is 5.95. The van der Waals surface area contributed by atoms with Gasteiger partial charge in [-0.2, -0.15) is 0 Å². The molecule has 2 heterocycles. The Hall–Kier alpha value is -2.22. The number of carbonyl (C=O) groups excluding carboxylic acids is 1. The third-order valence-electron chi connectivity index (χ3n) is 6.64. The van der Waals surface area contributed by atoms with Crippen LogP contribution in [-0.4, -0.2) is 39.9 Å². The molecule has 7 heteroatoms. The Bertz CT molecular complexity index is 935. The standard InChI is InChI=1S/C24H31N3O3S/c1-3-31(29)22-14-19(21(30-2)15-20(22)25)23(28)26-24-12-7-10-18(11-13-24)27(24)16-17-8-5-4-6-9-17/h4-6,8-9,14-15,18H,3,7,10-13,16,25H2,1-2H3,(H,26,28). The van der Waals surface area contributed by atoms with E-state index in [1.54, 1.807) is 12.1 Å². The molecule has 2 aliphatic rings. The molecule has 2 saturated heterocycles. The predicted octanol–water partition coefficient (Wildman–Crippen LogP) is 3.68. The first-order chi connectivity index (χ1) is 15.0. The SMILES string of the molecule is CC[S+]([O-])c1cc(C(=O)NC23CCCC(CC2)N3Cc2ccccc2)c(OC)cc1N. The van der Waals surface area contributed by atoms with Gasteiger partial charge in [0, 0.05) is 24.7 Å². The number of hydrogen-bond donors (Lipinski definition) is 2. The van der Waals surface area contributed by atoms with Crippen LogP contribution in [0.25, 0.3) is 0 Å². The van der Waals surface area contributed by atoms with Crippen molar-refractivity contribution in [2.45, 2.75) is 62.2 Å². The van der Waals surface area contributed by atoms with Gasteiger partial charge < -0.3 is 20.3 Å². The average molecular weight is 442 g/mol. The smallest absolute Gasteiger partial charge is 0.256 e. The Labute approximate surface area is 187 Å². The number of carbonyl (C=O) groups is 1. The first-order valence-corrected chi connectivity index (χ1v) is 12.3. The molecular weight excluding hydrogens is 410 g/mol. The summed E-state index contributed by atoms with van der Waals surface area (Å²) < 4.78 is 17.9. The van der Waals surface area contributed by atoms with Gasteiger partial charge >= 0.3 is 0 Å². The van der Waals surface area contributed by atoms with E-state index in [1.165, 1.54) is 12.7 Å². The Morgan fingerprint density at radius 2 is 2.06 bits per heavy atom. The first-order valence-electron chi connectivity index (χ1n) is 11.0. The van der Waals surface area contributed by atoms with Crippen LogP contribution in [0, 0.1) is 0 Å². The summed E-state index contributed by atoms with van der Waals surface area (Å²) in [4.78, 5) is 16.4. The summed E-state index contributed by atoms with van der Waals surface area (Å²) in [6.07, 6.45) is 5.20. The van der Waals surface area contributed by atoms with Gasteiger partial charge in [0.1, 0.15) is 11.5 Å². The van der Waals surface area contributed by atoms with Gasteiger partial charge in [-0.1, -0.05) is 30.3 Å². The number of nitrogens with one attached hydrogen (secondary N) is 1. The van der Waals surface area contributed by atoms with E-state index in [0.29, 0.717) is 33.7 Å². The van der Waals surface area contributed by atoms with Crippen LogP contribution in [0.5, 0.6) is 5.75 Å². The van der Waals surface area contributed by atoms with Crippen molar-refractivity contribution < 1.29 is 14.1 Å². The second-order valence-corrected chi connectivity index (χ2v) is 10.1. The lowest BCUT2D eigenvalue weighted by atomic mass is 9.95. The number of ether oxygens (including phenoxy) is 1. The molecule has 166 valence electrons. The molecule has 2 aromatic carbocycles. The largest absolute Gasteiger partial charge is 0.611 e. The Balaban J connectivity index is 1.63. The number of nitrogens with two attached hydrogens (primary N) is 1. The molecular formula is C24H31N3O3S. The Morgan fingerprint density at radius 3 is 2.77 bits per heavy atom. The molecule has 4 rings (SSSR count). The van der Waals surface area contributed by atoms with Crippen molar-refractivity contribution in [2.24, 2.45) is 0 Å². The summed E-state index contributed by atoms with van der Waals surface area (Å²) in [6.45, 7) is 2.65. The highest BCUT2D eigenvalue weighted by Crippen LogP contribution is 2.44. The number of methoxy groups -OCH3 is 1. The van der Waals surface area contributed by atoms with Crippen LogP contribution in [0.4, 0.5) is 5.69 Å². The average Bonchev–Trinajstić information content (AvgIpc) is 2.96. The predicted molar refractivity (Wildman–Crippen MR) is 123 cm³/mol. The van der Waals surface area contributed by atoms with Crippen LogP contribution < -0.4 is 15.8 Å². The lowest BCUT2D eigenvalue weighted by Gasteiger charge is -2.45. The molecule has 0 saturated carbocycles. The summed E-state index contributed by atoms with van der Waals surface area (Å²) in [5.74, 6) is 0.642. The molecule has 2 aromatic rings. The Morgan fingerprint density at radius 1 is 1.29 bits per heavy atom. The minimum absolute atomic E-state index is 0.202. The van der Waals surface area contributed by atoms with E-state index in [9.17, 15) is 9.35 Å². The molecule has 2 aliphatic heterocycles. The van der Waals surface area contributed by atoms with E-state index in [4.69, 9.17) is 10.5 Å². The van der Waals surface area contributed by atoms with Crippen LogP contribution >= 0.6 is 0 Å². The molecule has 31 heavy (non-hydrogen) atoms. The number of anilines is 1. The number of nitrogen functional groups attached to an aromatic ring is 1. The highest BCUT2D eigenvalue weighted by molar-refractivity contribution is 7.91. The molecule has 2 fully saturated rings. The van der Waals surface area contributed by atoms with Crippen molar-refractivity contribution in [1.82, 2.24) is 10.2 Å². The zero-order valence-corrected chi connectivity index (χ0v) is 19.0. The summed E-state index contributed by atoms with van der Waals surface area (Å²) >= 11 is -1.25. The van der Waals surface area contributed by atoms with Crippen LogP contribution in [0.15, 0.2) is 47.4 Å². The summed E-state index contributed by atoms with van der Waals surface area (Å²) in [7, 11) is 1.52. The van der Waals surface area contributed by atoms with Crippen molar-refractivity contribution in [2.75, 3.05) is 18.6 Å². The monoisotopic (exact) mass is 441 g/mol. The summed E-state index contributed by atoms with van der Waals surface area (Å²) in [6, 6.07) is 14.1. The number of hydrogen-bond acceptors (Lipinski definition) is 5. The molecule has 0 aromatic heterocycles. The van der Waals surface area contributed by atoms with E-state index in [2.05, 4.69) is 34.5 Å². The number of fused-ring (bicyclic) bond motifs is 2. The summed E-state index contributed by atoms with van der Waals surface area (Å²) in [5, 5.41) is 3.36. The number of nitrogens with zero attached hydrogens (tertiary/aromatic N) is 1. The minimum atomic E-state index is -1.25.